The lowest BCUT2D eigenvalue weighted by Crippen LogP contribution is -2.37. The summed E-state index contributed by atoms with van der Waals surface area (Å²) in [6.45, 7) is 9.79. The van der Waals surface area contributed by atoms with Gasteiger partial charge in [-0.3, -0.25) is 0 Å². The molecule has 0 fully saturated rings. The van der Waals surface area contributed by atoms with Gasteiger partial charge < -0.3 is 15.2 Å². The molecule has 5 nitrogen and oxygen atoms in total. The molecule has 6 heteroatoms. The molecule has 2 N–H and O–H groups in total. The van der Waals surface area contributed by atoms with E-state index < -0.39 is 0 Å². The molecule has 0 aliphatic rings. The first-order valence-corrected chi connectivity index (χ1v) is 9.25. The molecule has 0 unspecified atom stereocenters. The second-order valence-corrected chi connectivity index (χ2v) is 6.61. The molecule has 2 aromatic rings. The van der Waals surface area contributed by atoms with Gasteiger partial charge in [-0.25, -0.2) is 9.98 Å². The van der Waals surface area contributed by atoms with Gasteiger partial charge in [-0.15, -0.1) is 24.0 Å². The van der Waals surface area contributed by atoms with Crippen molar-refractivity contribution in [1.29, 1.82) is 0 Å². The van der Waals surface area contributed by atoms with Crippen LogP contribution in [0.15, 0.2) is 47.7 Å². The lowest BCUT2D eigenvalue weighted by Gasteiger charge is -2.12. The Morgan fingerprint density at radius 1 is 1.19 bits per heavy atom. The Balaban J connectivity index is 0.00000338. The number of hydrogen-bond donors (Lipinski definition) is 2. The molecule has 0 atom stereocenters. The van der Waals surface area contributed by atoms with Gasteiger partial charge in [0.05, 0.1) is 0 Å². The molecule has 0 radical (unpaired) electrons. The molecule has 0 bridgehead atoms. The maximum absolute atomic E-state index is 4.69. The summed E-state index contributed by atoms with van der Waals surface area (Å²) >= 11 is 0. The van der Waals surface area contributed by atoms with E-state index in [-0.39, 0.29) is 24.0 Å². The molecule has 144 valence electrons. The molecule has 0 aliphatic carbocycles. The number of halogens is 1. The third kappa shape index (κ3) is 8.21. The summed E-state index contributed by atoms with van der Waals surface area (Å²) in [6.07, 6.45) is 6.25. The van der Waals surface area contributed by atoms with Crippen LogP contribution in [0.3, 0.4) is 0 Å². The number of hydrogen-bond acceptors (Lipinski definition) is 2. The van der Waals surface area contributed by atoms with Gasteiger partial charge in [0, 0.05) is 32.0 Å². The average molecular weight is 469 g/mol. The van der Waals surface area contributed by atoms with Crippen molar-refractivity contribution in [3.8, 4) is 0 Å². The van der Waals surface area contributed by atoms with Crippen molar-refractivity contribution in [3.63, 3.8) is 0 Å². The van der Waals surface area contributed by atoms with Crippen molar-refractivity contribution < 1.29 is 0 Å². The van der Waals surface area contributed by atoms with Crippen molar-refractivity contribution >= 4 is 29.9 Å². The molecule has 0 saturated carbocycles. The Bertz CT molecular complexity index is 637. The highest BCUT2D eigenvalue weighted by molar-refractivity contribution is 14.0. The first kappa shape index (κ1) is 22.5. The molecule has 1 heterocycles. The monoisotopic (exact) mass is 469 g/mol. The van der Waals surface area contributed by atoms with Crippen LogP contribution in [0, 0.1) is 5.92 Å². The fraction of sp³-hybridized carbons (Fsp3) is 0.500. The van der Waals surface area contributed by atoms with Crippen molar-refractivity contribution in [1.82, 2.24) is 20.2 Å². The Labute approximate surface area is 174 Å². The quantitative estimate of drug-likeness (QED) is 0.252. The smallest absolute Gasteiger partial charge is 0.191 e. The molecule has 0 saturated heterocycles. The van der Waals surface area contributed by atoms with Gasteiger partial charge in [-0.2, -0.15) is 0 Å². The number of nitrogens with one attached hydrogen (secondary N) is 2. The summed E-state index contributed by atoms with van der Waals surface area (Å²) in [4.78, 5) is 9.15. The third-order valence-electron chi connectivity index (χ3n) is 3.97. The van der Waals surface area contributed by atoms with Crippen molar-refractivity contribution in [2.24, 2.45) is 10.9 Å². The molecular formula is C20H32IN5. The van der Waals surface area contributed by atoms with Gasteiger partial charge in [-0.1, -0.05) is 44.2 Å². The number of aromatic nitrogens is 2. The van der Waals surface area contributed by atoms with E-state index in [9.17, 15) is 0 Å². The van der Waals surface area contributed by atoms with E-state index in [0.717, 1.165) is 43.8 Å². The molecule has 1 aromatic carbocycles. The predicted octanol–water partition coefficient (Wildman–Crippen LogP) is 4.04. The fourth-order valence-electron chi connectivity index (χ4n) is 2.62. The SMILES string of the molecule is CCNC(=NCc1nccn1Cc1ccccc1)NCCCC(C)C.I. The Morgan fingerprint density at radius 2 is 1.96 bits per heavy atom. The summed E-state index contributed by atoms with van der Waals surface area (Å²) in [5, 5.41) is 6.71. The molecule has 0 aliphatic heterocycles. The zero-order valence-electron chi connectivity index (χ0n) is 16.1. The molecule has 2 rings (SSSR count). The summed E-state index contributed by atoms with van der Waals surface area (Å²) < 4.78 is 2.15. The minimum atomic E-state index is 0. The second kappa shape index (κ2) is 12.7. The number of benzene rings is 1. The maximum atomic E-state index is 4.69. The highest BCUT2D eigenvalue weighted by Crippen LogP contribution is 2.06. The van der Waals surface area contributed by atoms with Gasteiger partial charge in [-0.05, 0) is 31.2 Å². The van der Waals surface area contributed by atoms with Gasteiger partial charge in [0.2, 0.25) is 0 Å². The van der Waals surface area contributed by atoms with Gasteiger partial charge in [0.15, 0.2) is 5.96 Å². The van der Waals surface area contributed by atoms with E-state index in [2.05, 4.69) is 70.2 Å². The maximum Gasteiger partial charge on any atom is 0.191 e. The number of guanidine groups is 1. The standard InChI is InChI=1S/C20H31N5.HI/c1-4-21-20(23-12-8-9-17(2)3)24-15-19-22-13-14-25(19)16-18-10-6-5-7-11-18;/h5-7,10-11,13-14,17H,4,8-9,12,15-16H2,1-3H3,(H2,21,23,24);1H. The van der Waals surface area contributed by atoms with E-state index in [0.29, 0.717) is 6.54 Å². The summed E-state index contributed by atoms with van der Waals surface area (Å²) in [7, 11) is 0. The number of imidazole rings is 1. The van der Waals surface area contributed by atoms with Crippen LogP contribution < -0.4 is 10.6 Å². The van der Waals surface area contributed by atoms with Crippen LogP contribution in [-0.2, 0) is 13.1 Å². The van der Waals surface area contributed by atoms with Gasteiger partial charge in [0.1, 0.15) is 12.4 Å². The van der Waals surface area contributed by atoms with E-state index >= 15 is 0 Å². The zero-order chi connectivity index (χ0) is 17.9. The summed E-state index contributed by atoms with van der Waals surface area (Å²) in [5.74, 6) is 2.58. The minimum Gasteiger partial charge on any atom is -0.357 e. The summed E-state index contributed by atoms with van der Waals surface area (Å²) in [6, 6.07) is 10.4. The van der Waals surface area contributed by atoms with E-state index in [1.807, 2.05) is 18.5 Å². The van der Waals surface area contributed by atoms with E-state index in [4.69, 9.17) is 0 Å². The zero-order valence-corrected chi connectivity index (χ0v) is 18.4. The number of aliphatic imine (C=N–C) groups is 1. The number of nitrogens with zero attached hydrogens (tertiary/aromatic N) is 3. The first-order chi connectivity index (χ1) is 12.2. The Hall–Kier alpha value is -1.57. The lowest BCUT2D eigenvalue weighted by atomic mass is 10.1. The predicted molar refractivity (Wildman–Crippen MR) is 120 cm³/mol. The van der Waals surface area contributed by atoms with Crippen molar-refractivity contribution in [2.75, 3.05) is 13.1 Å². The van der Waals surface area contributed by atoms with Crippen molar-refractivity contribution in [2.45, 2.75) is 46.7 Å². The average Bonchev–Trinajstić information content (AvgIpc) is 3.04. The Kier molecular flexibility index (Phi) is 11.0. The normalized spacial score (nSPS) is 11.3. The first-order valence-electron chi connectivity index (χ1n) is 9.25. The van der Waals surface area contributed by atoms with E-state index in [1.54, 1.807) is 0 Å². The van der Waals surface area contributed by atoms with Crippen LogP contribution >= 0.6 is 24.0 Å². The highest BCUT2D eigenvalue weighted by Gasteiger charge is 2.04. The minimum absolute atomic E-state index is 0. The Morgan fingerprint density at radius 3 is 2.65 bits per heavy atom. The van der Waals surface area contributed by atoms with Crippen LogP contribution in [0.4, 0.5) is 0 Å². The molecule has 0 spiro atoms. The van der Waals surface area contributed by atoms with Gasteiger partial charge in [0.25, 0.3) is 0 Å². The third-order valence-corrected chi connectivity index (χ3v) is 3.97. The molecular weight excluding hydrogens is 437 g/mol. The summed E-state index contributed by atoms with van der Waals surface area (Å²) in [5.41, 5.74) is 1.27. The number of rotatable bonds is 9. The van der Waals surface area contributed by atoms with Crippen molar-refractivity contribution in [3.05, 3.63) is 54.1 Å². The van der Waals surface area contributed by atoms with Crippen LogP contribution in [0.25, 0.3) is 0 Å². The highest BCUT2D eigenvalue weighted by atomic mass is 127. The largest absolute Gasteiger partial charge is 0.357 e. The van der Waals surface area contributed by atoms with E-state index in [1.165, 1.54) is 12.0 Å². The van der Waals surface area contributed by atoms with Crippen LogP contribution in [0.1, 0.15) is 45.0 Å². The fourth-order valence-corrected chi connectivity index (χ4v) is 2.62. The van der Waals surface area contributed by atoms with Crippen LogP contribution in [-0.4, -0.2) is 28.6 Å². The second-order valence-electron chi connectivity index (χ2n) is 6.61. The van der Waals surface area contributed by atoms with Crippen LogP contribution in [0.2, 0.25) is 0 Å². The molecule has 26 heavy (non-hydrogen) atoms. The van der Waals surface area contributed by atoms with Crippen LogP contribution in [0.5, 0.6) is 0 Å². The molecule has 0 amide bonds. The van der Waals surface area contributed by atoms with Gasteiger partial charge >= 0.3 is 0 Å². The molecule has 1 aromatic heterocycles. The lowest BCUT2D eigenvalue weighted by molar-refractivity contribution is 0.549. The topological polar surface area (TPSA) is 54.2 Å².